The van der Waals surface area contributed by atoms with E-state index in [0.29, 0.717) is 35.0 Å². The van der Waals surface area contributed by atoms with Gasteiger partial charge in [0.15, 0.2) is 0 Å². The third kappa shape index (κ3) is 3.61. The molecule has 29 heavy (non-hydrogen) atoms. The van der Waals surface area contributed by atoms with Gasteiger partial charge in [-0.15, -0.1) is 0 Å². The first kappa shape index (κ1) is 18.8. The van der Waals surface area contributed by atoms with Crippen LogP contribution in [0.3, 0.4) is 0 Å². The number of esters is 2. The molecule has 0 spiro atoms. The van der Waals surface area contributed by atoms with Gasteiger partial charge in [-0.3, -0.25) is 0 Å². The molecule has 4 rings (SSSR count). The minimum absolute atomic E-state index is 0.269. The van der Waals surface area contributed by atoms with Crippen LogP contribution in [0.5, 0.6) is 11.5 Å². The molecule has 0 saturated heterocycles. The monoisotopic (exact) mass is 392 g/mol. The van der Waals surface area contributed by atoms with Gasteiger partial charge in [-0.25, -0.2) is 9.59 Å². The number of carbonyl (C=O) groups is 2. The third-order valence-electron chi connectivity index (χ3n) is 4.85. The second kappa shape index (κ2) is 7.83. The van der Waals surface area contributed by atoms with E-state index >= 15 is 0 Å². The highest BCUT2D eigenvalue weighted by Gasteiger charge is 2.40. The zero-order valence-electron chi connectivity index (χ0n) is 16.1. The lowest BCUT2D eigenvalue weighted by Gasteiger charge is -2.33. The molecule has 1 atom stereocenters. The van der Waals surface area contributed by atoms with Gasteiger partial charge in [0.25, 0.3) is 0 Å². The van der Waals surface area contributed by atoms with Crippen molar-refractivity contribution in [2.75, 3.05) is 13.7 Å². The summed E-state index contributed by atoms with van der Waals surface area (Å²) in [6, 6.07) is 14.6. The van der Waals surface area contributed by atoms with Crippen molar-refractivity contribution in [2.45, 2.75) is 19.3 Å². The molecule has 6 nitrogen and oxygen atoms in total. The van der Waals surface area contributed by atoms with Gasteiger partial charge in [0.2, 0.25) is 0 Å². The number of carbonyl (C=O) groups excluding carboxylic acids is 2. The maximum absolute atomic E-state index is 12.9. The Morgan fingerprint density at radius 3 is 2.69 bits per heavy atom. The van der Waals surface area contributed by atoms with Crippen molar-refractivity contribution < 1.29 is 28.5 Å². The van der Waals surface area contributed by atoms with E-state index in [9.17, 15) is 9.59 Å². The van der Waals surface area contributed by atoms with Crippen molar-refractivity contribution in [3.63, 3.8) is 0 Å². The van der Waals surface area contributed by atoms with E-state index in [-0.39, 0.29) is 12.5 Å². The van der Waals surface area contributed by atoms with Crippen LogP contribution in [0.15, 0.2) is 65.9 Å². The highest BCUT2D eigenvalue weighted by atomic mass is 16.5. The standard InChI is InChI=1S/C23H20O6/c1-3-27-20(24)13-16-12-18-17-11-15(26-2)9-10-19(17)29-23(25)21(18)22(28-16)14-7-5-4-6-8-14/h4-11,13,18H,3,12H2,1-2H3/b16-13+. The fourth-order valence-corrected chi connectivity index (χ4v) is 3.57. The van der Waals surface area contributed by atoms with Crippen LogP contribution in [0.2, 0.25) is 0 Å². The van der Waals surface area contributed by atoms with E-state index in [1.54, 1.807) is 26.2 Å². The molecule has 1 unspecified atom stereocenters. The van der Waals surface area contributed by atoms with Crippen LogP contribution in [0.1, 0.15) is 30.4 Å². The molecule has 2 aromatic rings. The summed E-state index contributed by atoms with van der Waals surface area (Å²) in [4.78, 5) is 24.9. The summed E-state index contributed by atoms with van der Waals surface area (Å²) in [5, 5.41) is 0. The lowest BCUT2D eigenvalue weighted by atomic mass is 9.81. The van der Waals surface area contributed by atoms with Gasteiger partial charge < -0.3 is 18.9 Å². The Bertz CT molecular complexity index is 1020. The molecule has 0 aliphatic carbocycles. The molecule has 0 aromatic heterocycles. The van der Waals surface area contributed by atoms with E-state index in [1.165, 1.54) is 6.08 Å². The second-order valence-electron chi connectivity index (χ2n) is 6.62. The topological polar surface area (TPSA) is 71.1 Å². The molecule has 0 radical (unpaired) electrons. The predicted molar refractivity (Wildman–Crippen MR) is 105 cm³/mol. The van der Waals surface area contributed by atoms with Crippen LogP contribution in [0, 0.1) is 0 Å². The van der Waals surface area contributed by atoms with Gasteiger partial charge >= 0.3 is 11.9 Å². The molecular formula is C23H20O6. The van der Waals surface area contributed by atoms with Crippen molar-refractivity contribution in [2.24, 2.45) is 0 Å². The molecule has 2 aromatic carbocycles. The van der Waals surface area contributed by atoms with Crippen molar-refractivity contribution in [3.8, 4) is 11.5 Å². The van der Waals surface area contributed by atoms with Crippen LogP contribution in [-0.4, -0.2) is 25.7 Å². The highest BCUT2D eigenvalue weighted by molar-refractivity contribution is 6.01. The Balaban J connectivity index is 1.87. The van der Waals surface area contributed by atoms with E-state index in [4.69, 9.17) is 18.9 Å². The zero-order valence-corrected chi connectivity index (χ0v) is 16.1. The van der Waals surface area contributed by atoms with E-state index in [1.807, 2.05) is 36.4 Å². The maximum atomic E-state index is 12.9. The van der Waals surface area contributed by atoms with Crippen LogP contribution < -0.4 is 9.47 Å². The predicted octanol–water partition coefficient (Wildman–Crippen LogP) is 3.98. The molecule has 0 saturated carbocycles. The summed E-state index contributed by atoms with van der Waals surface area (Å²) in [5.41, 5.74) is 1.97. The fourth-order valence-electron chi connectivity index (χ4n) is 3.57. The van der Waals surface area contributed by atoms with Crippen LogP contribution in [0.4, 0.5) is 0 Å². The number of benzene rings is 2. The highest BCUT2D eigenvalue weighted by Crippen LogP contribution is 2.49. The summed E-state index contributed by atoms with van der Waals surface area (Å²) < 4.78 is 21.9. The van der Waals surface area contributed by atoms with E-state index in [2.05, 4.69) is 0 Å². The number of rotatable bonds is 4. The zero-order chi connectivity index (χ0) is 20.4. The lowest BCUT2D eigenvalue weighted by Crippen LogP contribution is -2.28. The third-order valence-corrected chi connectivity index (χ3v) is 4.85. The number of ether oxygens (including phenoxy) is 4. The van der Waals surface area contributed by atoms with Crippen LogP contribution in [0.25, 0.3) is 5.76 Å². The molecule has 2 aliphatic rings. The molecule has 2 aliphatic heterocycles. The Hall–Kier alpha value is -3.54. The van der Waals surface area contributed by atoms with Gasteiger partial charge in [-0.1, -0.05) is 30.3 Å². The number of hydrogen-bond donors (Lipinski definition) is 0. The Morgan fingerprint density at radius 2 is 1.97 bits per heavy atom. The van der Waals surface area contributed by atoms with Gasteiger partial charge in [-0.2, -0.15) is 0 Å². The van der Waals surface area contributed by atoms with Crippen LogP contribution in [-0.2, 0) is 19.1 Å². The minimum atomic E-state index is -0.484. The number of allylic oxidation sites excluding steroid dienone is 1. The average Bonchev–Trinajstić information content (AvgIpc) is 2.74. The van der Waals surface area contributed by atoms with Crippen molar-refractivity contribution in [1.82, 2.24) is 0 Å². The summed E-state index contributed by atoms with van der Waals surface area (Å²) in [6.07, 6.45) is 1.67. The first-order chi connectivity index (χ1) is 14.1. The van der Waals surface area contributed by atoms with E-state index in [0.717, 1.165) is 11.1 Å². The van der Waals surface area contributed by atoms with Gasteiger partial charge in [0.05, 0.1) is 25.4 Å². The summed E-state index contributed by atoms with van der Waals surface area (Å²) in [7, 11) is 1.58. The number of methoxy groups -OCH3 is 1. The Kier molecular flexibility index (Phi) is 5.08. The van der Waals surface area contributed by atoms with Crippen molar-refractivity contribution in [1.29, 1.82) is 0 Å². The number of fused-ring (bicyclic) bond motifs is 3. The minimum Gasteiger partial charge on any atom is -0.497 e. The van der Waals surface area contributed by atoms with Crippen molar-refractivity contribution >= 4 is 17.7 Å². The smallest absolute Gasteiger partial charge is 0.343 e. The molecule has 0 amide bonds. The number of hydrogen-bond acceptors (Lipinski definition) is 6. The molecule has 0 fully saturated rings. The Morgan fingerprint density at radius 1 is 1.17 bits per heavy atom. The molecule has 2 heterocycles. The lowest BCUT2D eigenvalue weighted by molar-refractivity contribution is -0.137. The summed E-state index contributed by atoms with van der Waals surface area (Å²) >= 11 is 0. The van der Waals surface area contributed by atoms with Crippen LogP contribution >= 0.6 is 0 Å². The summed E-state index contributed by atoms with van der Waals surface area (Å²) in [6.45, 7) is 2.01. The largest absolute Gasteiger partial charge is 0.497 e. The SMILES string of the molecule is CCOC(=O)/C=C1\CC2C(=C(c3ccccc3)O1)C(=O)Oc1ccc(OC)cc12. The first-order valence-corrected chi connectivity index (χ1v) is 9.35. The second-order valence-corrected chi connectivity index (χ2v) is 6.62. The Labute approximate surface area is 168 Å². The molecule has 0 bridgehead atoms. The average molecular weight is 392 g/mol. The van der Waals surface area contributed by atoms with Crippen molar-refractivity contribution in [3.05, 3.63) is 77.1 Å². The summed E-state index contributed by atoms with van der Waals surface area (Å²) in [5.74, 6) is 0.685. The maximum Gasteiger partial charge on any atom is 0.343 e. The first-order valence-electron chi connectivity index (χ1n) is 9.35. The molecule has 6 heteroatoms. The normalized spacial score (nSPS) is 19.0. The molecule has 0 N–H and O–H groups in total. The fraction of sp³-hybridized carbons (Fsp3) is 0.217. The quantitative estimate of drug-likeness (QED) is 0.445. The van der Waals surface area contributed by atoms with E-state index < -0.39 is 11.9 Å². The van der Waals surface area contributed by atoms with Gasteiger partial charge in [0, 0.05) is 23.5 Å². The van der Waals surface area contributed by atoms with Gasteiger partial charge in [0.1, 0.15) is 23.0 Å². The molecule has 148 valence electrons. The van der Waals surface area contributed by atoms with Gasteiger partial charge in [-0.05, 0) is 25.1 Å². The molecular weight excluding hydrogens is 372 g/mol.